The number of hydrogen-bond acceptors (Lipinski definition) is 4. The SMILES string of the molecule is CCOc1ccc(S(=O)(=O)NC(CN)C2CCCCC2)cc1.Cl. The Morgan fingerprint density at radius 2 is 1.83 bits per heavy atom. The smallest absolute Gasteiger partial charge is 0.240 e. The maximum Gasteiger partial charge on any atom is 0.240 e. The summed E-state index contributed by atoms with van der Waals surface area (Å²) in [5, 5.41) is 0. The number of benzene rings is 1. The molecular formula is C16H27ClN2O3S. The van der Waals surface area contributed by atoms with Gasteiger partial charge in [0.05, 0.1) is 11.5 Å². The maximum absolute atomic E-state index is 12.5. The average molecular weight is 363 g/mol. The van der Waals surface area contributed by atoms with Gasteiger partial charge in [0.15, 0.2) is 0 Å². The number of sulfonamides is 1. The topological polar surface area (TPSA) is 81.4 Å². The second-order valence-electron chi connectivity index (χ2n) is 5.77. The van der Waals surface area contributed by atoms with Crippen molar-refractivity contribution in [3.8, 4) is 5.75 Å². The predicted molar refractivity (Wildman–Crippen MR) is 94.6 cm³/mol. The van der Waals surface area contributed by atoms with Crippen LogP contribution in [-0.2, 0) is 10.0 Å². The first-order valence-electron chi connectivity index (χ1n) is 8.02. The van der Waals surface area contributed by atoms with Crippen molar-refractivity contribution in [3.05, 3.63) is 24.3 Å². The Morgan fingerprint density at radius 1 is 1.22 bits per heavy atom. The van der Waals surface area contributed by atoms with Crippen LogP contribution in [0.25, 0.3) is 0 Å². The molecule has 0 saturated heterocycles. The van der Waals surface area contributed by atoms with E-state index in [0.29, 0.717) is 24.8 Å². The summed E-state index contributed by atoms with van der Waals surface area (Å²) in [5.74, 6) is 1.01. The molecule has 1 aliphatic carbocycles. The predicted octanol–water partition coefficient (Wildman–Crippen LogP) is 2.69. The van der Waals surface area contributed by atoms with Gasteiger partial charge in [-0.25, -0.2) is 13.1 Å². The summed E-state index contributed by atoms with van der Waals surface area (Å²) in [6, 6.07) is 6.31. The zero-order chi connectivity index (χ0) is 16.0. The molecule has 1 saturated carbocycles. The Balaban J connectivity index is 0.00000264. The van der Waals surface area contributed by atoms with Crippen LogP contribution < -0.4 is 15.2 Å². The fourth-order valence-electron chi connectivity index (χ4n) is 3.02. The normalized spacial score (nSPS) is 17.3. The number of nitrogens with two attached hydrogens (primary N) is 1. The van der Waals surface area contributed by atoms with Gasteiger partial charge in [-0.05, 0) is 49.9 Å². The monoisotopic (exact) mass is 362 g/mol. The molecule has 0 aromatic heterocycles. The van der Waals surface area contributed by atoms with Crippen molar-refractivity contribution in [2.24, 2.45) is 11.7 Å². The quantitative estimate of drug-likeness (QED) is 0.781. The fourth-order valence-corrected chi connectivity index (χ4v) is 4.34. The zero-order valence-corrected chi connectivity index (χ0v) is 15.2. The lowest BCUT2D eigenvalue weighted by atomic mass is 9.84. The average Bonchev–Trinajstić information content (AvgIpc) is 2.54. The van der Waals surface area contributed by atoms with E-state index in [9.17, 15) is 8.42 Å². The highest BCUT2D eigenvalue weighted by Gasteiger charge is 2.27. The molecule has 1 atom stereocenters. The van der Waals surface area contributed by atoms with Crippen molar-refractivity contribution in [1.82, 2.24) is 4.72 Å². The van der Waals surface area contributed by atoms with E-state index in [1.165, 1.54) is 6.42 Å². The van der Waals surface area contributed by atoms with Gasteiger partial charge in [-0.3, -0.25) is 0 Å². The molecule has 23 heavy (non-hydrogen) atoms. The van der Waals surface area contributed by atoms with Crippen LogP contribution in [0.1, 0.15) is 39.0 Å². The molecule has 0 aliphatic heterocycles. The molecule has 0 amide bonds. The Labute approximate surface area is 145 Å². The van der Waals surface area contributed by atoms with Gasteiger partial charge >= 0.3 is 0 Å². The summed E-state index contributed by atoms with van der Waals surface area (Å²) in [7, 11) is -3.54. The first-order chi connectivity index (χ1) is 10.6. The third kappa shape index (κ3) is 5.64. The summed E-state index contributed by atoms with van der Waals surface area (Å²) in [6.45, 7) is 2.78. The molecular weight excluding hydrogens is 336 g/mol. The van der Waals surface area contributed by atoms with Gasteiger partial charge in [0.25, 0.3) is 0 Å². The summed E-state index contributed by atoms with van der Waals surface area (Å²) < 4.78 is 33.1. The van der Waals surface area contributed by atoms with Gasteiger partial charge in [0.1, 0.15) is 5.75 Å². The van der Waals surface area contributed by atoms with Crippen molar-refractivity contribution < 1.29 is 13.2 Å². The molecule has 132 valence electrons. The van der Waals surface area contributed by atoms with E-state index in [1.54, 1.807) is 24.3 Å². The Bertz CT molecular complexity index is 557. The molecule has 0 bridgehead atoms. The first-order valence-corrected chi connectivity index (χ1v) is 9.50. The molecule has 0 spiro atoms. The van der Waals surface area contributed by atoms with E-state index in [4.69, 9.17) is 10.5 Å². The Morgan fingerprint density at radius 3 is 2.35 bits per heavy atom. The largest absolute Gasteiger partial charge is 0.494 e. The van der Waals surface area contributed by atoms with E-state index in [-0.39, 0.29) is 23.3 Å². The standard InChI is InChI=1S/C16H26N2O3S.ClH/c1-2-21-14-8-10-15(11-9-14)22(19,20)18-16(12-17)13-6-4-3-5-7-13;/h8-11,13,16,18H,2-7,12,17H2,1H3;1H. The Hall–Kier alpha value is -0.820. The molecule has 1 aromatic carbocycles. The maximum atomic E-state index is 12.5. The van der Waals surface area contributed by atoms with E-state index in [1.807, 2.05) is 6.92 Å². The first kappa shape index (κ1) is 20.2. The van der Waals surface area contributed by atoms with Gasteiger partial charge in [-0.2, -0.15) is 0 Å². The van der Waals surface area contributed by atoms with E-state index in [0.717, 1.165) is 25.7 Å². The minimum Gasteiger partial charge on any atom is -0.494 e. The molecule has 1 fully saturated rings. The van der Waals surface area contributed by atoms with E-state index in [2.05, 4.69) is 4.72 Å². The number of rotatable bonds is 7. The van der Waals surface area contributed by atoms with Gasteiger partial charge in [0.2, 0.25) is 10.0 Å². The third-order valence-electron chi connectivity index (χ3n) is 4.22. The van der Waals surface area contributed by atoms with Crippen LogP contribution in [0.15, 0.2) is 29.2 Å². The lowest BCUT2D eigenvalue weighted by Crippen LogP contribution is -2.45. The highest BCUT2D eigenvalue weighted by Crippen LogP contribution is 2.27. The van der Waals surface area contributed by atoms with Crippen molar-refractivity contribution in [3.63, 3.8) is 0 Å². The summed E-state index contributed by atoms with van der Waals surface area (Å²) in [5.41, 5.74) is 5.81. The molecule has 3 N–H and O–H groups in total. The fraction of sp³-hybridized carbons (Fsp3) is 0.625. The van der Waals surface area contributed by atoms with Crippen LogP contribution in [0.2, 0.25) is 0 Å². The van der Waals surface area contributed by atoms with Crippen LogP contribution in [0, 0.1) is 5.92 Å². The molecule has 7 heteroatoms. The summed E-state index contributed by atoms with van der Waals surface area (Å²) in [4.78, 5) is 0.255. The van der Waals surface area contributed by atoms with Crippen LogP contribution in [-0.4, -0.2) is 27.6 Å². The summed E-state index contributed by atoms with van der Waals surface area (Å²) in [6.07, 6.45) is 5.65. The van der Waals surface area contributed by atoms with Gasteiger partial charge in [-0.1, -0.05) is 19.3 Å². The van der Waals surface area contributed by atoms with Crippen molar-refractivity contribution in [2.75, 3.05) is 13.2 Å². The number of nitrogens with one attached hydrogen (secondary N) is 1. The highest BCUT2D eigenvalue weighted by atomic mass is 35.5. The van der Waals surface area contributed by atoms with Crippen LogP contribution >= 0.6 is 12.4 Å². The van der Waals surface area contributed by atoms with Gasteiger partial charge < -0.3 is 10.5 Å². The van der Waals surface area contributed by atoms with Crippen molar-refractivity contribution in [2.45, 2.75) is 50.0 Å². The van der Waals surface area contributed by atoms with E-state index < -0.39 is 10.0 Å². The van der Waals surface area contributed by atoms with E-state index >= 15 is 0 Å². The highest BCUT2D eigenvalue weighted by molar-refractivity contribution is 7.89. The molecule has 1 unspecified atom stereocenters. The molecule has 2 rings (SSSR count). The number of halogens is 1. The van der Waals surface area contributed by atoms with Crippen LogP contribution in [0.3, 0.4) is 0 Å². The second kappa shape index (κ2) is 9.47. The minimum atomic E-state index is -3.54. The van der Waals surface area contributed by atoms with Crippen molar-refractivity contribution in [1.29, 1.82) is 0 Å². The molecule has 5 nitrogen and oxygen atoms in total. The lowest BCUT2D eigenvalue weighted by molar-refractivity contribution is 0.294. The minimum absolute atomic E-state index is 0. The van der Waals surface area contributed by atoms with Gasteiger partial charge in [-0.15, -0.1) is 12.4 Å². The lowest BCUT2D eigenvalue weighted by Gasteiger charge is -2.29. The van der Waals surface area contributed by atoms with Gasteiger partial charge in [0, 0.05) is 12.6 Å². The zero-order valence-electron chi connectivity index (χ0n) is 13.5. The number of ether oxygens (including phenoxy) is 1. The summed E-state index contributed by atoms with van der Waals surface area (Å²) >= 11 is 0. The van der Waals surface area contributed by atoms with Crippen LogP contribution in [0.5, 0.6) is 5.75 Å². The number of hydrogen-bond donors (Lipinski definition) is 2. The van der Waals surface area contributed by atoms with Crippen LogP contribution in [0.4, 0.5) is 0 Å². The second-order valence-corrected chi connectivity index (χ2v) is 7.48. The molecule has 0 radical (unpaired) electrons. The van der Waals surface area contributed by atoms with Crippen molar-refractivity contribution >= 4 is 22.4 Å². The Kier molecular flexibility index (Phi) is 8.33. The molecule has 1 aromatic rings. The third-order valence-corrected chi connectivity index (χ3v) is 5.73. The molecule has 0 heterocycles. The molecule has 1 aliphatic rings.